The molecule has 33 rings (SSSR count). The van der Waals surface area contributed by atoms with E-state index in [9.17, 15) is 0 Å². The summed E-state index contributed by atoms with van der Waals surface area (Å²) in [5.74, 6) is 2.20. The molecule has 0 saturated carbocycles. The van der Waals surface area contributed by atoms with Gasteiger partial charge in [0.25, 0.3) is 0 Å². The summed E-state index contributed by atoms with van der Waals surface area (Å²) in [4.78, 5) is 0. The van der Waals surface area contributed by atoms with Gasteiger partial charge in [-0.15, -0.1) is 0 Å². The molecule has 0 spiro atoms. The molecule has 13 aromatic rings. The van der Waals surface area contributed by atoms with Crippen LogP contribution in [0.15, 0.2) is 283 Å². The second kappa shape index (κ2) is 27.6. The van der Waals surface area contributed by atoms with Crippen molar-refractivity contribution in [1.29, 1.82) is 0 Å². The highest BCUT2D eigenvalue weighted by atomic mass is 14.5. The molecule has 20 aliphatic carbocycles. The van der Waals surface area contributed by atoms with Crippen LogP contribution in [0.3, 0.4) is 0 Å². The van der Waals surface area contributed by atoms with Crippen LogP contribution in [0.2, 0.25) is 0 Å². The van der Waals surface area contributed by atoms with Crippen molar-refractivity contribution in [2.45, 2.75) is 158 Å². The molecule has 0 bridgehead atoms. The third-order valence-electron chi connectivity index (χ3n) is 33.5. The minimum absolute atomic E-state index is 0.405. The standard InChI is InChI=1S/4C27H20.C19H16/c2*1-6-18-14-24-20-8-2-4-16(20)10-12-22(24)27-23-13-11-17-5-3-9-21(17)25(23)15-19(7-1)26(18)27;2*1-4-16-10-22-12-20-8-3-9-21-13-23-11-17-5-2-7-19(17)15-25(23)27(26(20)21)24(22)14-18(16)6-1;1-6-14-10-12-4-2-8-16(12)19-17-9-3-5-13(17)11-15(7-1)18(14)19/h1-3,6-13,27H,4-5,14-15H2;1-7,10-13,27H,8-9,14-15H2;1-3,6-11,14-15,27H,4-5,12-13H2;1-5,8-11,14-15,27H,6-7,12-13H2;1-3,6-9,19H,4-5,10-11H2. The van der Waals surface area contributed by atoms with E-state index in [4.69, 9.17) is 0 Å². The first-order chi connectivity index (χ1) is 62.9. The Labute approximate surface area is 746 Å². The van der Waals surface area contributed by atoms with E-state index in [0.717, 1.165) is 103 Å². The van der Waals surface area contributed by atoms with E-state index >= 15 is 0 Å². The smallest absolute Gasteiger partial charge is 0.0351 e. The molecule has 0 amide bonds. The van der Waals surface area contributed by atoms with Crippen LogP contribution in [0, 0.1) is 0 Å². The maximum absolute atomic E-state index is 2.52. The zero-order valence-corrected chi connectivity index (χ0v) is 72.0. The number of benzene rings is 13. The minimum atomic E-state index is 0.405. The largest absolute Gasteiger partial charge is 0.0801 e. The molecule has 13 aromatic carbocycles. The molecule has 0 N–H and O–H groups in total. The van der Waals surface area contributed by atoms with E-state index in [1.807, 2.05) is 0 Å². The highest BCUT2D eigenvalue weighted by Crippen LogP contribution is 2.58. The molecule has 0 radical (unpaired) electrons. The van der Waals surface area contributed by atoms with Crippen LogP contribution < -0.4 is 0 Å². The average molecular weight is 1620 g/mol. The van der Waals surface area contributed by atoms with Gasteiger partial charge in [-0.25, -0.2) is 0 Å². The van der Waals surface area contributed by atoms with Gasteiger partial charge in [0, 0.05) is 29.6 Å². The van der Waals surface area contributed by atoms with Gasteiger partial charge in [0.15, 0.2) is 0 Å². The second-order valence-corrected chi connectivity index (χ2v) is 39.9. The number of hydrogen-bond acceptors (Lipinski definition) is 0. The molecular weight excluding hydrogens is 1530 g/mol. The fourth-order valence-corrected chi connectivity index (χ4v) is 28.0. The van der Waals surface area contributed by atoms with Crippen LogP contribution in [-0.4, -0.2) is 0 Å². The lowest BCUT2D eigenvalue weighted by atomic mass is 9.66. The van der Waals surface area contributed by atoms with Gasteiger partial charge >= 0.3 is 0 Å². The minimum Gasteiger partial charge on any atom is -0.0801 e. The van der Waals surface area contributed by atoms with Crippen molar-refractivity contribution in [2.75, 3.05) is 0 Å². The summed E-state index contributed by atoms with van der Waals surface area (Å²) in [5, 5.41) is 0. The van der Waals surface area contributed by atoms with E-state index < -0.39 is 0 Å². The topological polar surface area (TPSA) is 0 Å². The van der Waals surface area contributed by atoms with Gasteiger partial charge in [-0.2, -0.15) is 0 Å². The van der Waals surface area contributed by atoms with Crippen molar-refractivity contribution >= 4 is 48.6 Å². The van der Waals surface area contributed by atoms with Gasteiger partial charge in [-0.1, -0.05) is 321 Å². The number of fused-ring (bicyclic) bond motifs is 30. The fraction of sp³-hybridized carbons (Fsp3) is 0.197. The van der Waals surface area contributed by atoms with Crippen LogP contribution in [0.25, 0.3) is 48.6 Å². The highest BCUT2D eigenvalue weighted by molar-refractivity contribution is 5.80. The molecule has 0 saturated heterocycles. The van der Waals surface area contributed by atoms with Crippen LogP contribution in [0.1, 0.15) is 304 Å². The SMILES string of the molecule is C1=CC2=C(C1)Cc1cccc3c1C2C1=C(CC=C1)C3.C1=Cc2c(ccc3c2Cc2cccc4c2C3c2ccc3c(c2C4)C=CC3)C1.C1=Cc2cc3c(cc2C1)C1c2cc4c(cc2Cc2cccc(c21)C3)C=CC4.C1=Cc2cc3c(cc2C1)Cc1cccc2c1C3c1cc3c(cc1C2)CC=C3.C1=Cc2ccc3c(c2C1)Cc1cccc2c1C3c1ccc3c(c1C2)CC=C3. The lowest BCUT2D eigenvalue weighted by Crippen LogP contribution is -2.24. The monoisotopic (exact) mass is 1620 g/mol. The van der Waals surface area contributed by atoms with Crippen molar-refractivity contribution in [3.05, 3.63) is 545 Å². The molecular formula is C127H96. The molecule has 20 aliphatic rings. The molecule has 0 aromatic heterocycles. The van der Waals surface area contributed by atoms with Crippen molar-refractivity contribution in [1.82, 2.24) is 0 Å². The van der Waals surface area contributed by atoms with Gasteiger partial charge in [-0.05, 0) is 401 Å². The van der Waals surface area contributed by atoms with Crippen LogP contribution >= 0.6 is 0 Å². The third kappa shape index (κ3) is 10.9. The number of rotatable bonds is 0. The first-order valence-electron chi connectivity index (χ1n) is 47.7. The molecule has 604 valence electrons. The molecule has 127 heavy (non-hydrogen) atoms. The Bertz CT molecular complexity index is 7250. The second-order valence-electron chi connectivity index (χ2n) is 39.9. The Morgan fingerprint density at radius 2 is 0.441 bits per heavy atom. The highest BCUT2D eigenvalue weighted by Gasteiger charge is 2.43. The zero-order valence-electron chi connectivity index (χ0n) is 72.0. The molecule has 0 nitrogen and oxygen atoms in total. The van der Waals surface area contributed by atoms with Crippen molar-refractivity contribution in [3.8, 4) is 0 Å². The lowest BCUT2D eigenvalue weighted by molar-refractivity contribution is 0.812. The van der Waals surface area contributed by atoms with Gasteiger partial charge < -0.3 is 0 Å². The zero-order chi connectivity index (χ0) is 82.5. The van der Waals surface area contributed by atoms with E-state index in [1.165, 1.54) is 148 Å². The third-order valence-corrected chi connectivity index (χ3v) is 33.5. The molecule has 0 heterocycles. The van der Waals surface area contributed by atoms with Crippen molar-refractivity contribution < 1.29 is 0 Å². The number of hydrogen-bond donors (Lipinski definition) is 0. The maximum atomic E-state index is 2.52. The van der Waals surface area contributed by atoms with Gasteiger partial charge in [0.2, 0.25) is 0 Å². The molecule has 0 atom stereocenters. The van der Waals surface area contributed by atoms with Gasteiger partial charge in [0.05, 0.1) is 0 Å². The lowest BCUT2D eigenvalue weighted by Gasteiger charge is -2.37. The molecule has 0 aliphatic heterocycles. The summed E-state index contributed by atoms with van der Waals surface area (Å²) in [6.45, 7) is 0. The number of allylic oxidation sites excluding steroid dienone is 16. The summed E-state index contributed by atoms with van der Waals surface area (Å²) in [7, 11) is 0. The Kier molecular flexibility index (Phi) is 15.7. The molecule has 0 fully saturated rings. The van der Waals surface area contributed by atoms with Crippen LogP contribution in [0.4, 0.5) is 0 Å². The van der Waals surface area contributed by atoms with Gasteiger partial charge in [-0.3, -0.25) is 0 Å². The summed E-state index contributed by atoms with van der Waals surface area (Å²) >= 11 is 0. The normalized spacial score (nSPS) is 18.2. The van der Waals surface area contributed by atoms with Crippen LogP contribution in [0.5, 0.6) is 0 Å². The average Bonchev–Trinajstić information content (AvgIpc) is 1.72. The Balaban J connectivity index is 0.0000000792. The first-order valence-corrected chi connectivity index (χ1v) is 47.7. The molecule has 0 heteroatoms. The quantitative estimate of drug-likeness (QED) is 0.142. The van der Waals surface area contributed by atoms with Gasteiger partial charge in [0.1, 0.15) is 0 Å². The predicted octanol–water partition coefficient (Wildman–Crippen LogP) is 27.7. The maximum Gasteiger partial charge on any atom is 0.0351 e. The Hall–Kier alpha value is -13.3. The van der Waals surface area contributed by atoms with Crippen molar-refractivity contribution in [3.63, 3.8) is 0 Å². The predicted molar refractivity (Wildman–Crippen MR) is 524 cm³/mol. The Morgan fingerprint density at radius 3 is 0.850 bits per heavy atom. The Morgan fingerprint density at radius 1 is 0.157 bits per heavy atom. The molecule has 0 unspecified atom stereocenters. The van der Waals surface area contributed by atoms with Crippen molar-refractivity contribution in [2.24, 2.45) is 0 Å². The summed E-state index contributed by atoms with van der Waals surface area (Å²) in [6.07, 6.45) is 68.7. The summed E-state index contributed by atoms with van der Waals surface area (Å²) in [6, 6.07) is 74.1. The first kappa shape index (κ1) is 72.0. The summed E-state index contributed by atoms with van der Waals surface area (Å²) in [5.41, 5.74) is 78.7. The van der Waals surface area contributed by atoms with Crippen LogP contribution in [-0.2, 0) is 116 Å². The van der Waals surface area contributed by atoms with E-state index in [2.05, 4.69) is 310 Å². The van der Waals surface area contributed by atoms with E-state index in [0.29, 0.717) is 29.6 Å². The van der Waals surface area contributed by atoms with E-state index in [-0.39, 0.29) is 0 Å². The summed E-state index contributed by atoms with van der Waals surface area (Å²) < 4.78 is 0. The van der Waals surface area contributed by atoms with E-state index in [1.54, 1.807) is 161 Å². The fourth-order valence-electron chi connectivity index (χ4n) is 28.0.